The molecule has 1 aliphatic carbocycles. The minimum atomic E-state index is -0.312. The van der Waals surface area contributed by atoms with Crippen molar-refractivity contribution in [2.45, 2.75) is 31.5 Å². The molecule has 2 aliphatic rings. The van der Waals surface area contributed by atoms with E-state index in [-0.39, 0.29) is 11.9 Å². The Morgan fingerprint density at radius 1 is 1.35 bits per heavy atom. The average Bonchev–Trinajstić information content (AvgIpc) is 3.44. The predicted octanol–water partition coefficient (Wildman–Crippen LogP) is 1.38. The van der Waals surface area contributed by atoms with Gasteiger partial charge in [-0.2, -0.15) is 0 Å². The van der Waals surface area contributed by atoms with Gasteiger partial charge in [-0.05, 0) is 24.5 Å². The number of hydrogen-bond donors (Lipinski definition) is 0. The molecule has 1 saturated heterocycles. The standard InChI is InChI=1S/C19H25N5O2/c1-22-8-7-21-17(22)14-24(16-4-5-16)19(25)18(15-3-2-6-20-13-15)23-9-11-26-12-10-23/h2-3,6-8,13,16,18H,4-5,9-12,14H2,1H3/t18-/m0/s1. The molecule has 0 N–H and O–H groups in total. The summed E-state index contributed by atoms with van der Waals surface area (Å²) in [6, 6.07) is 3.90. The van der Waals surface area contributed by atoms with Crippen LogP contribution in [0.2, 0.25) is 0 Å². The molecule has 4 rings (SSSR count). The van der Waals surface area contributed by atoms with E-state index in [1.807, 2.05) is 41.0 Å². The van der Waals surface area contributed by atoms with Gasteiger partial charge < -0.3 is 14.2 Å². The van der Waals surface area contributed by atoms with Gasteiger partial charge in [0.15, 0.2) is 0 Å². The molecule has 26 heavy (non-hydrogen) atoms. The minimum absolute atomic E-state index is 0.144. The molecule has 2 aromatic heterocycles. The highest BCUT2D eigenvalue weighted by atomic mass is 16.5. The number of imidazole rings is 1. The van der Waals surface area contributed by atoms with Crippen LogP contribution >= 0.6 is 0 Å². The highest BCUT2D eigenvalue weighted by Gasteiger charge is 2.39. The number of ether oxygens (including phenoxy) is 1. The molecule has 1 amide bonds. The normalized spacial score (nSPS) is 19.3. The molecule has 1 atom stereocenters. The van der Waals surface area contributed by atoms with Gasteiger partial charge in [0.2, 0.25) is 5.91 Å². The molecular weight excluding hydrogens is 330 g/mol. The molecule has 7 heteroatoms. The number of hydrogen-bond acceptors (Lipinski definition) is 5. The van der Waals surface area contributed by atoms with Crippen LogP contribution in [0.3, 0.4) is 0 Å². The lowest BCUT2D eigenvalue weighted by atomic mass is 10.0. The fraction of sp³-hybridized carbons (Fsp3) is 0.526. The third-order valence-electron chi connectivity index (χ3n) is 5.15. The molecule has 1 saturated carbocycles. The third-order valence-corrected chi connectivity index (χ3v) is 5.15. The summed E-state index contributed by atoms with van der Waals surface area (Å²) < 4.78 is 7.47. The van der Waals surface area contributed by atoms with Crippen LogP contribution in [0, 0.1) is 0 Å². The largest absolute Gasteiger partial charge is 0.379 e. The van der Waals surface area contributed by atoms with Crippen molar-refractivity contribution < 1.29 is 9.53 Å². The van der Waals surface area contributed by atoms with Crippen molar-refractivity contribution in [3.05, 3.63) is 48.3 Å². The van der Waals surface area contributed by atoms with Gasteiger partial charge in [-0.3, -0.25) is 14.7 Å². The van der Waals surface area contributed by atoms with Crippen LogP contribution in [-0.2, 0) is 23.1 Å². The highest BCUT2D eigenvalue weighted by molar-refractivity contribution is 5.83. The van der Waals surface area contributed by atoms with Crippen molar-refractivity contribution in [2.75, 3.05) is 26.3 Å². The van der Waals surface area contributed by atoms with Gasteiger partial charge in [0, 0.05) is 51.0 Å². The lowest BCUT2D eigenvalue weighted by Crippen LogP contribution is -2.47. The van der Waals surface area contributed by atoms with E-state index in [9.17, 15) is 4.79 Å². The SMILES string of the molecule is Cn1ccnc1CN(C(=O)[C@H](c1cccnc1)N1CCOCC1)C1CC1. The molecule has 0 spiro atoms. The summed E-state index contributed by atoms with van der Waals surface area (Å²) in [5, 5.41) is 0. The maximum atomic E-state index is 13.6. The number of aryl methyl sites for hydroxylation is 1. The number of pyridine rings is 1. The number of carbonyl (C=O) groups excluding carboxylic acids is 1. The Bertz CT molecular complexity index is 737. The van der Waals surface area contributed by atoms with Gasteiger partial charge in [-0.15, -0.1) is 0 Å². The van der Waals surface area contributed by atoms with Crippen LogP contribution in [0.4, 0.5) is 0 Å². The zero-order valence-electron chi connectivity index (χ0n) is 15.1. The van der Waals surface area contributed by atoms with E-state index in [4.69, 9.17) is 4.74 Å². The summed E-state index contributed by atoms with van der Waals surface area (Å²) in [5.74, 6) is 1.06. The van der Waals surface area contributed by atoms with E-state index in [1.54, 1.807) is 12.4 Å². The molecular formula is C19H25N5O2. The number of rotatable bonds is 6. The first-order valence-electron chi connectivity index (χ1n) is 9.22. The van der Waals surface area contributed by atoms with Crippen LogP contribution < -0.4 is 0 Å². The second kappa shape index (κ2) is 7.55. The van der Waals surface area contributed by atoms with Crippen LogP contribution in [0.15, 0.2) is 36.9 Å². The Morgan fingerprint density at radius 3 is 2.77 bits per heavy atom. The van der Waals surface area contributed by atoms with E-state index in [0.29, 0.717) is 25.8 Å². The Balaban J connectivity index is 1.62. The molecule has 0 aromatic carbocycles. The summed E-state index contributed by atoms with van der Waals surface area (Å²) in [7, 11) is 1.97. The van der Waals surface area contributed by atoms with Gasteiger partial charge in [-0.1, -0.05) is 6.07 Å². The Hall–Kier alpha value is -2.25. The maximum absolute atomic E-state index is 13.6. The Morgan fingerprint density at radius 2 is 2.15 bits per heavy atom. The van der Waals surface area contributed by atoms with Crippen LogP contribution in [0.5, 0.6) is 0 Å². The maximum Gasteiger partial charge on any atom is 0.245 e. The fourth-order valence-corrected chi connectivity index (χ4v) is 3.51. The van der Waals surface area contributed by atoms with Crippen molar-refractivity contribution >= 4 is 5.91 Å². The van der Waals surface area contributed by atoms with Crippen LogP contribution in [0.25, 0.3) is 0 Å². The first kappa shape index (κ1) is 17.2. The highest BCUT2D eigenvalue weighted by Crippen LogP contribution is 2.33. The summed E-state index contributed by atoms with van der Waals surface area (Å²) in [6.45, 7) is 3.38. The molecule has 7 nitrogen and oxygen atoms in total. The number of amides is 1. The molecule has 2 fully saturated rings. The van der Waals surface area contributed by atoms with E-state index in [1.165, 1.54) is 0 Å². The van der Waals surface area contributed by atoms with Crippen molar-refractivity contribution in [2.24, 2.45) is 7.05 Å². The van der Waals surface area contributed by atoms with E-state index in [2.05, 4.69) is 14.9 Å². The van der Waals surface area contributed by atoms with Gasteiger partial charge >= 0.3 is 0 Å². The van der Waals surface area contributed by atoms with Crippen LogP contribution in [-0.4, -0.2) is 62.6 Å². The van der Waals surface area contributed by atoms with Crippen molar-refractivity contribution in [3.8, 4) is 0 Å². The fourth-order valence-electron chi connectivity index (χ4n) is 3.51. The number of aromatic nitrogens is 3. The summed E-state index contributed by atoms with van der Waals surface area (Å²) in [5.41, 5.74) is 0.949. The number of nitrogens with zero attached hydrogens (tertiary/aromatic N) is 5. The van der Waals surface area contributed by atoms with E-state index in [0.717, 1.165) is 37.3 Å². The third kappa shape index (κ3) is 3.64. The first-order valence-corrected chi connectivity index (χ1v) is 9.22. The second-order valence-electron chi connectivity index (χ2n) is 6.99. The van der Waals surface area contributed by atoms with Gasteiger partial charge in [-0.25, -0.2) is 4.98 Å². The van der Waals surface area contributed by atoms with Gasteiger partial charge in [0.25, 0.3) is 0 Å². The van der Waals surface area contributed by atoms with E-state index < -0.39 is 0 Å². The van der Waals surface area contributed by atoms with E-state index >= 15 is 0 Å². The molecule has 0 unspecified atom stereocenters. The molecule has 0 bridgehead atoms. The van der Waals surface area contributed by atoms with Crippen molar-refractivity contribution in [3.63, 3.8) is 0 Å². The number of morpholine rings is 1. The minimum Gasteiger partial charge on any atom is -0.379 e. The smallest absolute Gasteiger partial charge is 0.245 e. The number of carbonyl (C=O) groups is 1. The molecule has 138 valence electrons. The predicted molar refractivity (Wildman–Crippen MR) is 96.2 cm³/mol. The summed E-state index contributed by atoms with van der Waals surface area (Å²) >= 11 is 0. The first-order chi connectivity index (χ1) is 12.7. The second-order valence-corrected chi connectivity index (χ2v) is 6.99. The lowest BCUT2D eigenvalue weighted by Gasteiger charge is -2.36. The molecule has 0 radical (unpaired) electrons. The monoisotopic (exact) mass is 355 g/mol. The quantitative estimate of drug-likeness (QED) is 0.783. The van der Waals surface area contributed by atoms with Gasteiger partial charge in [0.05, 0.1) is 19.8 Å². The molecule has 1 aliphatic heterocycles. The summed E-state index contributed by atoms with van der Waals surface area (Å²) in [6.07, 6.45) is 9.40. The van der Waals surface area contributed by atoms with Crippen LogP contribution in [0.1, 0.15) is 30.3 Å². The Kier molecular flexibility index (Phi) is 4.99. The molecule has 2 aromatic rings. The lowest BCUT2D eigenvalue weighted by molar-refractivity contribution is -0.140. The van der Waals surface area contributed by atoms with Gasteiger partial charge in [0.1, 0.15) is 11.9 Å². The zero-order valence-corrected chi connectivity index (χ0v) is 15.1. The molecule has 3 heterocycles. The van der Waals surface area contributed by atoms with Crippen molar-refractivity contribution in [1.82, 2.24) is 24.3 Å². The Labute approximate surface area is 153 Å². The summed E-state index contributed by atoms with van der Waals surface area (Å²) in [4.78, 5) is 26.5. The van der Waals surface area contributed by atoms with Crippen molar-refractivity contribution in [1.29, 1.82) is 0 Å². The zero-order chi connectivity index (χ0) is 17.9. The topological polar surface area (TPSA) is 63.5 Å². The average molecular weight is 355 g/mol.